The highest BCUT2D eigenvalue weighted by Crippen LogP contribution is 2.44. The van der Waals surface area contributed by atoms with Gasteiger partial charge in [0.2, 0.25) is 0 Å². The predicted molar refractivity (Wildman–Crippen MR) is 163 cm³/mol. The highest BCUT2D eigenvalue weighted by molar-refractivity contribution is 5.93. The molecule has 5 heterocycles. The average molecular weight is 627 g/mol. The van der Waals surface area contributed by atoms with E-state index < -0.39 is 34.4 Å². The van der Waals surface area contributed by atoms with Crippen LogP contribution in [0.15, 0.2) is 12.3 Å². The lowest BCUT2D eigenvalue weighted by atomic mass is 9.74. The van der Waals surface area contributed by atoms with E-state index >= 15 is 4.39 Å². The van der Waals surface area contributed by atoms with E-state index in [1.807, 2.05) is 4.90 Å². The number of fused-ring (bicyclic) bond motifs is 3. The second-order valence-corrected chi connectivity index (χ2v) is 13.1. The van der Waals surface area contributed by atoms with Gasteiger partial charge in [-0.05, 0) is 56.8 Å². The fraction of sp³-hybridized carbons (Fsp3) is 0.562. The summed E-state index contributed by atoms with van der Waals surface area (Å²) in [5.74, 6) is -0.322. The van der Waals surface area contributed by atoms with Gasteiger partial charge >= 0.3 is 12.2 Å². The first-order chi connectivity index (χ1) is 21.3. The van der Waals surface area contributed by atoms with Crippen LogP contribution in [0.4, 0.5) is 29.1 Å². The van der Waals surface area contributed by atoms with Crippen molar-refractivity contribution in [3.8, 4) is 23.3 Å². The maximum Gasteiger partial charge on any atom is 0.417 e. The predicted octanol–water partition coefficient (Wildman–Crippen LogP) is 5.30. The summed E-state index contributed by atoms with van der Waals surface area (Å²) in [6.45, 7) is 12.0. The molecule has 6 rings (SSSR count). The van der Waals surface area contributed by atoms with Gasteiger partial charge < -0.3 is 25.6 Å². The van der Waals surface area contributed by atoms with Gasteiger partial charge in [-0.2, -0.15) is 28.4 Å². The third-order valence-electron chi connectivity index (χ3n) is 9.98. The molecule has 0 radical (unpaired) electrons. The van der Waals surface area contributed by atoms with Gasteiger partial charge in [-0.25, -0.2) is 4.39 Å². The van der Waals surface area contributed by atoms with Crippen LogP contribution in [0.25, 0.3) is 22.2 Å². The summed E-state index contributed by atoms with van der Waals surface area (Å²) < 4.78 is 66.0. The number of nitrogens with two attached hydrogens (primary N) is 1. The molecule has 2 aromatic heterocycles. The minimum absolute atomic E-state index is 0.0539. The number of pyridine rings is 1. The molecule has 45 heavy (non-hydrogen) atoms. The maximum atomic E-state index is 16.7. The fourth-order valence-electron chi connectivity index (χ4n) is 7.20. The third-order valence-corrected chi connectivity index (χ3v) is 9.98. The number of piperidine rings is 1. The molecule has 3 aromatic rings. The number of anilines is 2. The van der Waals surface area contributed by atoms with Crippen molar-refractivity contribution in [2.24, 2.45) is 11.3 Å². The molecule has 3 fully saturated rings. The molecule has 9 nitrogen and oxygen atoms in total. The summed E-state index contributed by atoms with van der Waals surface area (Å²) in [6, 6.07) is 3.22. The van der Waals surface area contributed by atoms with Crippen molar-refractivity contribution in [1.29, 1.82) is 5.26 Å². The number of hydrogen-bond acceptors (Lipinski definition) is 9. The van der Waals surface area contributed by atoms with Crippen molar-refractivity contribution in [3.63, 3.8) is 0 Å². The van der Waals surface area contributed by atoms with Gasteiger partial charge in [-0.15, -0.1) is 0 Å². The molecule has 0 unspecified atom stereocenters. The topological polar surface area (TPSA) is 116 Å². The maximum absolute atomic E-state index is 16.7. The molecule has 13 heteroatoms. The Balaban J connectivity index is 1.50. The Kier molecular flexibility index (Phi) is 8.02. The number of nitriles is 1. The van der Waals surface area contributed by atoms with Crippen LogP contribution in [-0.4, -0.2) is 71.3 Å². The second-order valence-electron chi connectivity index (χ2n) is 13.1. The molecule has 2 bridgehead atoms. The summed E-state index contributed by atoms with van der Waals surface area (Å²) in [7, 11) is 0. The van der Waals surface area contributed by atoms with E-state index in [0.29, 0.717) is 24.8 Å². The van der Waals surface area contributed by atoms with Crippen LogP contribution in [0, 0.1) is 35.4 Å². The quantitative estimate of drug-likeness (QED) is 0.278. The summed E-state index contributed by atoms with van der Waals surface area (Å²) >= 11 is 0. The number of likely N-dealkylation sites (tertiary alicyclic amines) is 1. The fourth-order valence-corrected chi connectivity index (χ4v) is 7.20. The van der Waals surface area contributed by atoms with Crippen LogP contribution in [0.1, 0.15) is 56.7 Å². The number of alkyl halides is 3. The number of nitrogen functional groups attached to an aromatic ring is 1. The van der Waals surface area contributed by atoms with Gasteiger partial charge in [-0.1, -0.05) is 20.8 Å². The molecule has 0 spiro atoms. The molecule has 0 amide bonds. The first-order valence-corrected chi connectivity index (χ1v) is 15.5. The van der Waals surface area contributed by atoms with Crippen molar-refractivity contribution in [1.82, 2.24) is 25.2 Å². The zero-order valence-electron chi connectivity index (χ0n) is 25.9. The summed E-state index contributed by atoms with van der Waals surface area (Å²) in [5, 5.41) is 13.6. The van der Waals surface area contributed by atoms with E-state index in [1.165, 1.54) is 13.1 Å². The van der Waals surface area contributed by atoms with E-state index in [-0.39, 0.29) is 52.3 Å². The Bertz CT molecular complexity index is 1660. The number of benzene rings is 1. The van der Waals surface area contributed by atoms with Crippen LogP contribution < -0.4 is 20.7 Å². The Labute approximate surface area is 259 Å². The molecule has 3 saturated heterocycles. The van der Waals surface area contributed by atoms with Crippen LogP contribution in [0.2, 0.25) is 0 Å². The molecule has 0 saturated carbocycles. The molecular formula is C32H38F4N8O. The summed E-state index contributed by atoms with van der Waals surface area (Å²) in [6.07, 6.45) is -0.598. The average Bonchev–Trinajstić information content (AvgIpc) is 3.33. The number of aromatic nitrogens is 3. The first-order valence-electron chi connectivity index (χ1n) is 15.5. The van der Waals surface area contributed by atoms with Crippen LogP contribution in [-0.2, 0) is 6.18 Å². The number of halogens is 4. The third kappa shape index (κ3) is 5.63. The van der Waals surface area contributed by atoms with E-state index in [2.05, 4.69) is 41.0 Å². The van der Waals surface area contributed by atoms with Crippen molar-refractivity contribution in [2.45, 2.75) is 65.2 Å². The zero-order valence-corrected chi connectivity index (χ0v) is 25.9. The first kappa shape index (κ1) is 31.2. The van der Waals surface area contributed by atoms with Gasteiger partial charge in [0.1, 0.15) is 23.1 Å². The molecule has 240 valence electrons. The molecule has 3 N–H and O–H groups in total. The van der Waals surface area contributed by atoms with Crippen LogP contribution in [0.5, 0.6) is 6.01 Å². The van der Waals surface area contributed by atoms with Gasteiger partial charge in [0.25, 0.3) is 0 Å². The number of piperazine rings is 1. The largest absolute Gasteiger partial charge is 0.463 e. The summed E-state index contributed by atoms with van der Waals surface area (Å²) in [5.41, 5.74) is 2.09. The molecule has 0 aliphatic carbocycles. The standard InChI is InChI=1S/C32H38F4N8O/c1-5-43-9-8-18(3)31(4,15-43)16-45-30-41-27-22(29(42-30)44-13-19-6-7-20(14-44)40-19)12-39-28(26(27)33)24-21(11-37)23(38)10-17(2)25(24)32(34,35)36/h10,12,18-20,40H,5-9,13-16,38H2,1-4H3/t18-,19-,20+,31-/m0/s1. The highest BCUT2D eigenvalue weighted by atomic mass is 19.4. The normalized spacial score (nSPS) is 25.5. The number of nitrogens with one attached hydrogen (secondary N) is 1. The van der Waals surface area contributed by atoms with E-state index in [4.69, 9.17) is 15.5 Å². The van der Waals surface area contributed by atoms with Gasteiger partial charge in [0, 0.05) is 48.9 Å². The van der Waals surface area contributed by atoms with Crippen molar-refractivity contribution in [3.05, 3.63) is 34.8 Å². The number of ether oxygens (including phenoxy) is 1. The summed E-state index contributed by atoms with van der Waals surface area (Å²) in [4.78, 5) is 17.8. The van der Waals surface area contributed by atoms with Gasteiger partial charge in [-0.3, -0.25) is 4.98 Å². The number of rotatable bonds is 6. The number of nitrogens with zero attached hydrogens (tertiary/aromatic N) is 6. The minimum Gasteiger partial charge on any atom is -0.463 e. The number of hydrogen-bond donors (Lipinski definition) is 2. The molecule has 1 aromatic carbocycles. The SMILES string of the molecule is CCN1CC[C@H](C)[C@](C)(COc2nc(N3C[C@H]4CC[C@@H](C3)N4)c3cnc(-c4c(C#N)c(N)cc(C)c4C(F)(F)F)c(F)c3n2)C1. The Morgan fingerprint density at radius 2 is 1.91 bits per heavy atom. The molecule has 3 aliphatic heterocycles. The molecule has 4 atom stereocenters. The Morgan fingerprint density at radius 3 is 2.56 bits per heavy atom. The highest BCUT2D eigenvalue weighted by Gasteiger charge is 2.41. The molecular weight excluding hydrogens is 588 g/mol. The monoisotopic (exact) mass is 626 g/mol. The molecule has 3 aliphatic rings. The van der Waals surface area contributed by atoms with Crippen LogP contribution in [0.3, 0.4) is 0 Å². The van der Waals surface area contributed by atoms with E-state index in [9.17, 15) is 18.4 Å². The lowest BCUT2D eigenvalue weighted by Gasteiger charge is -2.44. The smallest absolute Gasteiger partial charge is 0.417 e. The van der Waals surface area contributed by atoms with Gasteiger partial charge in [0.15, 0.2) is 5.82 Å². The van der Waals surface area contributed by atoms with Crippen LogP contribution >= 0.6 is 0 Å². The van der Waals surface area contributed by atoms with E-state index in [0.717, 1.165) is 45.0 Å². The minimum atomic E-state index is -4.90. The second kappa shape index (κ2) is 11.6. The van der Waals surface area contributed by atoms with Crippen molar-refractivity contribution in [2.75, 3.05) is 50.0 Å². The van der Waals surface area contributed by atoms with Crippen molar-refractivity contribution >= 4 is 22.4 Å². The lowest BCUT2D eigenvalue weighted by molar-refractivity contribution is -0.137. The van der Waals surface area contributed by atoms with Crippen molar-refractivity contribution < 1.29 is 22.3 Å². The van der Waals surface area contributed by atoms with Gasteiger partial charge in [0.05, 0.1) is 28.8 Å². The number of aryl methyl sites for hydroxylation is 1. The lowest BCUT2D eigenvalue weighted by Crippen LogP contribution is -2.51. The zero-order chi connectivity index (χ0) is 32.3. The van der Waals surface area contributed by atoms with E-state index in [1.54, 1.807) is 6.07 Å². The Hall–Kier alpha value is -3.76. The Morgan fingerprint density at radius 1 is 1.20 bits per heavy atom.